The van der Waals surface area contributed by atoms with Crippen molar-refractivity contribution in [2.24, 2.45) is 4.99 Å². The van der Waals surface area contributed by atoms with Crippen molar-refractivity contribution < 1.29 is 0 Å². The molecule has 0 atom stereocenters. The van der Waals surface area contributed by atoms with Crippen molar-refractivity contribution in [1.82, 2.24) is 0 Å². The van der Waals surface area contributed by atoms with Gasteiger partial charge in [-0.15, -0.1) is 0 Å². The highest BCUT2D eigenvalue weighted by atomic mass is 14.8. The predicted octanol–water partition coefficient (Wildman–Crippen LogP) is 4.22. The Morgan fingerprint density at radius 1 is 1.21 bits per heavy atom. The molecule has 1 nitrogen and oxygen atoms in total. The standard InChI is InChI=1S/C11H11N.C2H6/c1-8-7-9(2)12-11-6-4-3-5-10(8)11;1-2/h3-6H,1,7H2,2H3;1-2H3. The van der Waals surface area contributed by atoms with Crippen LogP contribution >= 0.6 is 0 Å². The second-order valence-electron chi connectivity index (χ2n) is 3.14. The molecule has 0 saturated carbocycles. The van der Waals surface area contributed by atoms with Gasteiger partial charge in [-0.1, -0.05) is 38.6 Å². The Morgan fingerprint density at radius 2 is 1.86 bits per heavy atom. The predicted molar refractivity (Wildman–Crippen MR) is 64.2 cm³/mol. The third-order valence-corrected chi connectivity index (χ3v) is 2.07. The number of fused-ring (bicyclic) bond motifs is 1. The van der Waals surface area contributed by atoms with E-state index in [2.05, 4.69) is 17.6 Å². The van der Waals surface area contributed by atoms with Gasteiger partial charge in [-0.2, -0.15) is 0 Å². The molecule has 0 bridgehead atoms. The first-order valence-electron chi connectivity index (χ1n) is 5.09. The maximum absolute atomic E-state index is 4.45. The van der Waals surface area contributed by atoms with Crippen LogP contribution in [0.2, 0.25) is 0 Å². The van der Waals surface area contributed by atoms with Gasteiger partial charge >= 0.3 is 0 Å². The number of nitrogens with zero attached hydrogens (tertiary/aromatic N) is 1. The highest BCUT2D eigenvalue weighted by Gasteiger charge is 2.10. The molecule has 0 fully saturated rings. The lowest BCUT2D eigenvalue weighted by atomic mass is 9.98. The van der Waals surface area contributed by atoms with Gasteiger partial charge in [-0.05, 0) is 18.6 Å². The summed E-state index contributed by atoms with van der Waals surface area (Å²) in [6.45, 7) is 10.1. The van der Waals surface area contributed by atoms with Crippen molar-refractivity contribution in [3.63, 3.8) is 0 Å². The lowest BCUT2D eigenvalue weighted by Gasteiger charge is -2.14. The quantitative estimate of drug-likeness (QED) is 0.576. The third-order valence-electron chi connectivity index (χ3n) is 2.07. The third kappa shape index (κ3) is 2.11. The molecule has 1 aliphatic heterocycles. The van der Waals surface area contributed by atoms with Crippen LogP contribution in [0.25, 0.3) is 5.57 Å². The number of para-hydroxylation sites is 1. The molecule has 0 unspecified atom stereocenters. The molecular weight excluding hydrogens is 170 g/mol. The molecule has 1 aliphatic rings. The summed E-state index contributed by atoms with van der Waals surface area (Å²) in [6.07, 6.45) is 0.914. The molecule has 1 heterocycles. The van der Waals surface area contributed by atoms with Gasteiger partial charge in [0.25, 0.3) is 0 Å². The summed E-state index contributed by atoms with van der Waals surface area (Å²) in [7, 11) is 0. The lowest BCUT2D eigenvalue weighted by Crippen LogP contribution is -1.99. The molecule has 2 rings (SSSR count). The second-order valence-corrected chi connectivity index (χ2v) is 3.14. The molecule has 74 valence electrons. The van der Waals surface area contributed by atoms with E-state index >= 15 is 0 Å². The summed E-state index contributed by atoms with van der Waals surface area (Å²) in [5, 5.41) is 0. The molecule has 0 N–H and O–H groups in total. The number of allylic oxidation sites excluding steroid dienone is 1. The molecule has 0 saturated heterocycles. The number of hydrogen-bond acceptors (Lipinski definition) is 1. The first-order valence-corrected chi connectivity index (χ1v) is 5.09. The van der Waals surface area contributed by atoms with Crippen molar-refractivity contribution in [2.75, 3.05) is 0 Å². The van der Waals surface area contributed by atoms with Crippen LogP contribution in [-0.2, 0) is 0 Å². The van der Waals surface area contributed by atoms with Crippen LogP contribution in [0.3, 0.4) is 0 Å². The molecule has 0 spiro atoms. The Hall–Kier alpha value is -1.37. The fourth-order valence-corrected chi connectivity index (χ4v) is 1.52. The highest BCUT2D eigenvalue weighted by molar-refractivity contribution is 5.99. The molecule has 0 radical (unpaired) electrons. The maximum atomic E-state index is 4.45. The second kappa shape index (κ2) is 4.75. The fourth-order valence-electron chi connectivity index (χ4n) is 1.52. The molecule has 1 heteroatoms. The molecule has 14 heavy (non-hydrogen) atoms. The minimum atomic E-state index is 0.914. The van der Waals surface area contributed by atoms with E-state index in [9.17, 15) is 0 Å². The van der Waals surface area contributed by atoms with E-state index < -0.39 is 0 Å². The van der Waals surface area contributed by atoms with Crippen molar-refractivity contribution in [1.29, 1.82) is 0 Å². The first kappa shape index (κ1) is 10.7. The number of hydrogen-bond donors (Lipinski definition) is 0. The van der Waals surface area contributed by atoms with Gasteiger partial charge in [0.2, 0.25) is 0 Å². The van der Waals surface area contributed by atoms with Crippen LogP contribution in [0, 0.1) is 0 Å². The van der Waals surface area contributed by atoms with Crippen molar-refractivity contribution in [3.8, 4) is 0 Å². The largest absolute Gasteiger partial charge is 0.257 e. The monoisotopic (exact) mass is 187 g/mol. The van der Waals surface area contributed by atoms with E-state index in [4.69, 9.17) is 0 Å². The summed E-state index contributed by atoms with van der Waals surface area (Å²) >= 11 is 0. The van der Waals surface area contributed by atoms with Crippen molar-refractivity contribution in [3.05, 3.63) is 36.4 Å². The van der Waals surface area contributed by atoms with Gasteiger partial charge < -0.3 is 0 Å². The summed E-state index contributed by atoms with van der Waals surface area (Å²) < 4.78 is 0. The normalized spacial score (nSPS) is 13.6. The Balaban J connectivity index is 0.000000461. The number of aliphatic imine (C=N–C) groups is 1. The average Bonchev–Trinajstić information content (AvgIpc) is 2.20. The van der Waals surface area contributed by atoms with Crippen LogP contribution in [0.15, 0.2) is 35.8 Å². The highest BCUT2D eigenvalue weighted by Crippen LogP contribution is 2.31. The van der Waals surface area contributed by atoms with Gasteiger partial charge in [-0.25, -0.2) is 0 Å². The molecule has 1 aromatic carbocycles. The van der Waals surface area contributed by atoms with E-state index in [1.807, 2.05) is 39.0 Å². The van der Waals surface area contributed by atoms with E-state index in [0.29, 0.717) is 0 Å². The van der Waals surface area contributed by atoms with Crippen LogP contribution in [-0.4, -0.2) is 5.71 Å². The zero-order chi connectivity index (χ0) is 10.6. The number of rotatable bonds is 0. The van der Waals surface area contributed by atoms with E-state index in [1.54, 1.807) is 0 Å². The Labute approximate surface area is 86.2 Å². The van der Waals surface area contributed by atoms with Gasteiger partial charge in [0.1, 0.15) is 0 Å². The van der Waals surface area contributed by atoms with Gasteiger partial charge in [0.15, 0.2) is 0 Å². The first-order chi connectivity index (χ1) is 6.77. The molecule has 0 aromatic heterocycles. The van der Waals surface area contributed by atoms with Gasteiger partial charge in [0.05, 0.1) is 5.69 Å². The molecule has 1 aromatic rings. The van der Waals surface area contributed by atoms with Crippen molar-refractivity contribution in [2.45, 2.75) is 27.2 Å². The van der Waals surface area contributed by atoms with Gasteiger partial charge in [-0.3, -0.25) is 4.99 Å². The molecular formula is C13H17N. The molecule has 0 amide bonds. The summed E-state index contributed by atoms with van der Waals surface area (Å²) in [4.78, 5) is 4.45. The van der Waals surface area contributed by atoms with Crippen LogP contribution in [0.1, 0.15) is 32.8 Å². The van der Waals surface area contributed by atoms with Crippen LogP contribution in [0.5, 0.6) is 0 Å². The van der Waals surface area contributed by atoms with E-state index in [-0.39, 0.29) is 0 Å². The zero-order valence-corrected chi connectivity index (χ0v) is 9.17. The van der Waals surface area contributed by atoms with Crippen LogP contribution < -0.4 is 0 Å². The minimum absolute atomic E-state index is 0.914. The Morgan fingerprint density at radius 3 is 2.57 bits per heavy atom. The zero-order valence-electron chi connectivity index (χ0n) is 9.17. The number of benzene rings is 1. The van der Waals surface area contributed by atoms with E-state index in [1.165, 1.54) is 11.1 Å². The molecule has 0 aliphatic carbocycles. The van der Waals surface area contributed by atoms with E-state index in [0.717, 1.165) is 17.8 Å². The average molecular weight is 187 g/mol. The smallest absolute Gasteiger partial charge is 0.0704 e. The summed E-state index contributed by atoms with van der Waals surface area (Å²) in [6, 6.07) is 8.14. The Kier molecular flexibility index (Phi) is 3.63. The lowest BCUT2D eigenvalue weighted by molar-refractivity contribution is 1.32. The van der Waals surface area contributed by atoms with Crippen molar-refractivity contribution >= 4 is 17.0 Å². The minimum Gasteiger partial charge on any atom is -0.257 e. The topological polar surface area (TPSA) is 12.4 Å². The SMILES string of the molecule is C=C1CC(C)=Nc2ccccc21.CC. The van der Waals surface area contributed by atoms with Crippen LogP contribution in [0.4, 0.5) is 5.69 Å². The maximum Gasteiger partial charge on any atom is 0.0704 e. The summed E-state index contributed by atoms with van der Waals surface area (Å²) in [5.74, 6) is 0. The summed E-state index contributed by atoms with van der Waals surface area (Å²) in [5.41, 5.74) is 4.59. The van der Waals surface area contributed by atoms with Gasteiger partial charge in [0, 0.05) is 17.7 Å². The fraction of sp³-hybridized carbons (Fsp3) is 0.308. The Bertz CT molecular complexity index is 361.